The first-order chi connectivity index (χ1) is 34.2. The number of nitrogens with zero attached hydrogens (tertiary/aromatic N) is 6. The van der Waals surface area contributed by atoms with Crippen LogP contribution >= 0.6 is 0 Å². The van der Waals surface area contributed by atoms with Crippen molar-refractivity contribution >= 4 is 65.4 Å². The van der Waals surface area contributed by atoms with Crippen LogP contribution in [-0.4, -0.2) is 28.7 Å². The van der Waals surface area contributed by atoms with E-state index in [9.17, 15) is 0 Å². The number of aromatic nitrogens is 6. The van der Waals surface area contributed by atoms with E-state index in [1.165, 1.54) is 22.1 Å². The van der Waals surface area contributed by atoms with Gasteiger partial charge in [0, 0.05) is 54.8 Å². The number of fused-ring (bicyclic) bond motifs is 10. The number of rotatable bonds is 7. The Bertz CT molecular complexity index is 4260. The van der Waals surface area contributed by atoms with Gasteiger partial charge < -0.3 is 9.13 Å². The maximum Gasteiger partial charge on any atom is 0.238 e. The van der Waals surface area contributed by atoms with Crippen LogP contribution in [0.4, 0.5) is 0 Å². The van der Waals surface area contributed by atoms with E-state index >= 15 is 0 Å². The maximum absolute atomic E-state index is 5.57. The van der Waals surface area contributed by atoms with Gasteiger partial charge in [0.25, 0.3) is 0 Å². The zero-order valence-electron chi connectivity index (χ0n) is 37.3. The third-order valence-electron chi connectivity index (χ3n) is 13.7. The van der Waals surface area contributed by atoms with Crippen LogP contribution in [0.2, 0.25) is 0 Å². The molecule has 0 radical (unpaired) electrons. The Kier molecular flexibility index (Phi) is 8.79. The molecule has 4 aromatic heterocycles. The standard InChI is InChI=1S/C63H40N6/c1-4-17-41(18-5-1)42-31-33-43(34-32-42)44-35-37-47(38-36-44)68-54-27-13-10-23-48(54)50-39-40-51-49-24-11-14-28-55(49)69(60(51)59(50)68)63-65-61(45-19-6-2-7-20-45)64-62(66-63)53-26-16-30-57-58(53)52-25-12-15-29-56(52)67(57)46-21-8-3-9-22-46/h1-40H. The van der Waals surface area contributed by atoms with Crippen LogP contribution in [0.3, 0.4) is 0 Å². The SMILES string of the molecule is c1ccc(-c2ccc(-c3ccc(-n4c5ccccc5c5ccc6c7ccccc7n(-c7nc(-c8ccccc8)nc(-c8cccc9c8c8ccccc8n9-c8ccccc8)n7)c6c54)cc3)cc2)cc1. The molecule has 6 nitrogen and oxygen atoms in total. The van der Waals surface area contributed by atoms with Gasteiger partial charge in [-0.1, -0.05) is 194 Å². The smallest absolute Gasteiger partial charge is 0.238 e. The molecule has 0 amide bonds. The van der Waals surface area contributed by atoms with Crippen molar-refractivity contribution in [1.82, 2.24) is 28.7 Å². The van der Waals surface area contributed by atoms with Crippen molar-refractivity contribution in [3.63, 3.8) is 0 Å². The summed E-state index contributed by atoms with van der Waals surface area (Å²) in [7, 11) is 0. The van der Waals surface area contributed by atoms with Crippen molar-refractivity contribution in [2.24, 2.45) is 0 Å². The summed E-state index contributed by atoms with van der Waals surface area (Å²) in [5.74, 6) is 1.75. The third kappa shape index (κ3) is 6.16. The molecular formula is C63H40N6. The normalized spacial score (nSPS) is 11.8. The topological polar surface area (TPSA) is 53.5 Å². The van der Waals surface area contributed by atoms with Crippen LogP contribution in [0.5, 0.6) is 0 Å². The molecule has 0 N–H and O–H groups in total. The largest absolute Gasteiger partial charge is 0.309 e. The number of hydrogen-bond donors (Lipinski definition) is 0. The van der Waals surface area contributed by atoms with Gasteiger partial charge in [-0.25, -0.2) is 4.98 Å². The van der Waals surface area contributed by atoms with E-state index in [1.807, 2.05) is 18.2 Å². The van der Waals surface area contributed by atoms with Crippen LogP contribution in [-0.2, 0) is 0 Å². The Morgan fingerprint density at radius 2 is 0.681 bits per heavy atom. The summed E-state index contributed by atoms with van der Waals surface area (Å²) < 4.78 is 7.03. The predicted molar refractivity (Wildman–Crippen MR) is 285 cm³/mol. The van der Waals surface area contributed by atoms with Crippen LogP contribution in [0.25, 0.3) is 128 Å². The highest BCUT2D eigenvalue weighted by Crippen LogP contribution is 2.43. The van der Waals surface area contributed by atoms with Gasteiger partial charge in [0.1, 0.15) is 0 Å². The van der Waals surface area contributed by atoms with Gasteiger partial charge in [-0.15, -0.1) is 0 Å². The maximum atomic E-state index is 5.57. The highest BCUT2D eigenvalue weighted by atomic mass is 15.2. The fourth-order valence-corrected chi connectivity index (χ4v) is 10.6. The van der Waals surface area contributed by atoms with Crippen LogP contribution < -0.4 is 0 Å². The minimum absolute atomic E-state index is 0.549. The summed E-state index contributed by atoms with van der Waals surface area (Å²) in [5, 5.41) is 6.79. The number of para-hydroxylation sites is 4. The van der Waals surface area contributed by atoms with Gasteiger partial charge in [-0.2, -0.15) is 9.97 Å². The molecule has 0 atom stereocenters. The second-order valence-corrected chi connectivity index (χ2v) is 17.6. The highest BCUT2D eigenvalue weighted by molar-refractivity contribution is 6.24. The lowest BCUT2D eigenvalue weighted by Gasteiger charge is -2.14. The van der Waals surface area contributed by atoms with Crippen molar-refractivity contribution in [2.75, 3.05) is 0 Å². The summed E-state index contributed by atoms with van der Waals surface area (Å²) in [6.07, 6.45) is 0. The van der Waals surface area contributed by atoms with Crippen LogP contribution in [0, 0.1) is 0 Å². The number of benzene rings is 10. The third-order valence-corrected chi connectivity index (χ3v) is 13.7. The molecule has 10 aromatic carbocycles. The van der Waals surface area contributed by atoms with Gasteiger partial charge >= 0.3 is 0 Å². The van der Waals surface area contributed by atoms with Gasteiger partial charge in [0.2, 0.25) is 5.95 Å². The summed E-state index contributed by atoms with van der Waals surface area (Å²) in [4.78, 5) is 16.3. The van der Waals surface area contributed by atoms with Crippen molar-refractivity contribution in [2.45, 2.75) is 0 Å². The average Bonchev–Trinajstić information content (AvgIpc) is 4.08. The molecule has 0 unspecified atom stereocenters. The van der Waals surface area contributed by atoms with Crippen molar-refractivity contribution in [3.8, 4) is 62.4 Å². The highest BCUT2D eigenvalue weighted by Gasteiger charge is 2.25. The lowest BCUT2D eigenvalue weighted by molar-refractivity contribution is 0.954. The van der Waals surface area contributed by atoms with E-state index in [-0.39, 0.29) is 0 Å². The second kappa shape index (κ2) is 15.6. The average molecular weight is 881 g/mol. The Morgan fingerprint density at radius 1 is 0.246 bits per heavy atom. The molecule has 6 heteroatoms. The van der Waals surface area contributed by atoms with Crippen molar-refractivity contribution in [3.05, 3.63) is 243 Å². The fraction of sp³-hybridized carbons (Fsp3) is 0. The molecule has 0 aliphatic rings. The van der Waals surface area contributed by atoms with Gasteiger partial charge in [-0.3, -0.25) is 4.57 Å². The second-order valence-electron chi connectivity index (χ2n) is 17.6. The predicted octanol–water partition coefficient (Wildman–Crippen LogP) is 15.8. The van der Waals surface area contributed by atoms with Crippen molar-refractivity contribution in [1.29, 1.82) is 0 Å². The summed E-state index contributed by atoms with van der Waals surface area (Å²) in [5.41, 5.74) is 15.2. The molecule has 14 rings (SSSR count). The molecule has 69 heavy (non-hydrogen) atoms. The number of hydrogen-bond acceptors (Lipinski definition) is 3. The lowest BCUT2D eigenvalue weighted by Crippen LogP contribution is -2.07. The van der Waals surface area contributed by atoms with Crippen molar-refractivity contribution < 1.29 is 0 Å². The molecule has 14 aromatic rings. The van der Waals surface area contributed by atoms with E-state index in [2.05, 4.69) is 238 Å². The quantitative estimate of drug-likeness (QED) is 0.160. The Labute approximate surface area is 397 Å². The van der Waals surface area contributed by atoms with E-state index in [4.69, 9.17) is 15.0 Å². The van der Waals surface area contributed by atoms with Gasteiger partial charge in [0.05, 0.1) is 33.1 Å². The first-order valence-electron chi connectivity index (χ1n) is 23.4. The molecule has 0 bridgehead atoms. The molecule has 0 fully saturated rings. The summed E-state index contributed by atoms with van der Waals surface area (Å²) in [6.45, 7) is 0. The van der Waals surface area contributed by atoms with Gasteiger partial charge in [-0.05, 0) is 70.8 Å². The molecule has 0 saturated heterocycles. The Morgan fingerprint density at radius 3 is 1.30 bits per heavy atom. The monoisotopic (exact) mass is 880 g/mol. The molecule has 4 heterocycles. The van der Waals surface area contributed by atoms with Crippen LogP contribution in [0.1, 0.15) is 0 Å². The minimum atomic E-state index is 0.549. The van der Waals surface area contributed by atoms with E-state index < -0.39 is 0 Å². The molecule has 322 valence electrons. The van der Waals surface area contributed by atoms with Gasteiger partial charge in [0.15, 0.2) is 11.6 Å². The molecule has 0 spiro atoms. The fourth-order valence-electron chi connectivity index (χ4n) is 10.6. The molecular weight excluding hydrogens is 841 g/mol. The first kappa shape index (κ1) is 38.8. The summed E-state index contributed by atoms with van der Waals surface area (Å²) >= 11 is 0. The Balaban J connectivity index is 1.02. The molecule has 0 aliphatic carbocycles. The minimum Gasteiger partial charge on any atom is -0.309 e. The first-order valence-corrected chi connectivity index (χ1v) is 23.4. The van der Waals surface area contributed by atoms with Crippen LogP contribution in [0.15, 0.2) is 243 Å². The summed E-state index contributed by atoms with van der Waals surface area (Å²) in [6, 6.07) is 86.2. The van der Waals surface area contributed by atoms with E-state index in [0.717, 1.165) is 88.1 Å². The Hall–Kier alpha value is -9.39. The zero-order valence-corrected chi connectivity index (χ0v) is 37.3. The van der Waals surface area contributed by atoms with E-state index in [1.54, 1.807) is 0 Å². The molecule has 0 aliphatic heterocycles. The molecule has 0 saturated carbocycles. The lowest BCUT2D eigenvalue weighted by atomic mass is 10.0. The zero-order chi connectivity index (χ0) is 45.4. The van der Waals surface area contributed by atoms with E-state index in [0.29, 0.717) is 17.6 Å².